The first-order valence-electron chi connectivity index (χ1n) is 8.08. The first kappa shape index (κ1) is 19.1. The number of aryl methyl sites for hydroxylation is 1. The van der Waals surface area contributed by atoms with Crippen molar-refractivity contribution in [3.63, 3.8) is 0 Å². The molecule has 3 aromatic rings. The van der Waals surface area contributed by atoms with Crippen molar-refractivity contribution in [2.75, 3.05) is 5.32 Å². The van der Waals surface area contributed by atoms with Gasteiger partial charge in [-0.3, -0.25) is 4.79 Å². The van der Waals surface area contributed by atoms with Gasteiger partial charge in [0.05, 0.1) is 4.90 Å². The van der Waals surface area contributed by atoms with Crippen LogP contribution in [0.3, 0.4) is 0 Å². The number of halogens is 1. The van der Waals surface area contributed by atoms with Crippen LogP contribution >= 0.6 is 11.6 Å². The van der Waals surface area contributed by atoms with Crippen molar-refractivity contribution in [2.24, 2.45) is 0 Å². The number of sulfone groups is 1. The van der Waals surface area contributed by atoms with Crippen LogP contribution in [0.25, 0.3) is 0 Å². The minimum atomic E-state index is -3.69. The molecule has 3 rings (SSSR count). The van der Waals surface area contributed by atoms with Gasteiger partial charge in [-0.25, -0.2) is 8.42 Å². The molecule has 1 amide bonds. The summed E-state index contributed by atoms with van der Waals surface area (Å²) in [6, 6.07) is 13.1. The van der Waals surface area contributed by atoms with Gasteiger partial charge in [-0.1, -0.05) is 35.8 Å². The van der Waals surface area contributed by atoms with Crippen LogP contribution < -0.4 is 5.32 Å². The Hall–Kier alpha value is -2.71. The molecule has 0 aliphatic rings. The van der Waals surface area contributed by atoms with Crippen LogP contribution in [-0.2, 0) is 22.0 Å². The fraction of sp³-hybridized carbons (Fsp3) is 0.167. The number of hydrogen-bond donors (Lipinski definition) is 1. The first-order valence-corrected chi connectivity index (χ1v) is 10.1. The second-order valence-corrected chi connectivity index (χ2v) is 8.16. The van der Waals surface area contributed by atoms with Crippen molar-refractivity contribution in [1.82, 2.24) is 10.1 Å². The monoisotopic (exact) mass is 405 g/mol. The molecule has 1 aromatic heterocycles. The van der Waals surface area contributed by atoms with Gasteiger partial charge >= 0.3 is 11.8 Å². The van der Waals surface area contributed by atoms with E-state index in [-0.39, 0.29) is 16.6 Å². The highest BCUT2D eigenvalue weighted by Crippen LogP contribution is 2.18. The SMILES string of the molecule is CCc1cccc(NC(=O)c2nc(CS(=O)(=O)c3ccc(Cl)cc3)no2)c1. The molecule has 0 aliphatic carbocycles. The van der Waals surface area contributed by atoms with Crippen molar-refractivity contribution in [1.29, 1.82) is 0 Å². The Morgan fingerprint density at radius 3 is 2.63 bits per heavy atom. The molecule has 0 spiro atoms. The number of anilines is 1. The lowest BCUT2D eigenvalue weighted by molar-refractivity contribution is 0.0981. The Kier molecular flexibility index (Phi) is 5.57. The smallest absolute Gasteiger partial charge is 0.316 e. The fourth-order valence-corrected chi connectivity index (χ4v) is 3.65. The van der Waals surface area contributed by atoms with Crippen LogP contribution in [-0.4, -0.2) is 24.5 Å². The number of nitrogens with one attached hydrogen (secondary N) is 1. The van der Waals surface area contributed by atoms with E-state index in [0.29, 0.717) is 10.7 Å². The van der Waals surface area contributed by atoms with E-state index in [1.807, 2.05) is 25.1 Å². The Bertz CT molecular complexity index is 1060. The minimum absolute atomic E-state index is 0.0825. The molecule has 0 saturated carbocycles. The summed E-state index contributed by atoms with van der Waals surface area (Å²) < 4.78 is 29.7. The largest absolute Gasteiger partial charge is 0.329 e. The number of amides is 1. The van der Waals surface area contributed by atoms with Crippen LogP contribution in [0.15, 0.2) is 57.9 Å². The summed E-state index contributed by atoms with van der Waals surface area (Å²) >= 11 is 5.77. The second-order valence-electron chi connectivity index (χ2n) is 5.74. The normalized spacial score (nSPS) is 11.3. The number of aromatic nitrogens is 2. The number of nitrogens with zero attached hydrogens (tertiary/aromatic N) is 2. The summed E-state index contributed by atoms with van der Waals surface area (Å²) in [6.07, 6.45) is 0.830. The average Bonchev–Trinajstić information content (AvgIpc) is 3.10. The lowest BCUT2D eigenvalue weighted by atomic mass is 10.1. The number of hydrogen-bond acceptors (Lipinski definition) is 6. The van der Waals surface area contributed by atoms with Crippen LogP contribution in [0.1, 0.15) is 29.0 Å². The molecular formula is C18H16ClN3O4S. The summed E-state index contributed by atoms with van der Waals surface area (Å²) in [5.74, 6) is -1.50. The summed E-state index contributed by atoms with van der Waals surface area (Å²) in [6.45, 7) is 2.01. The first-order chi connectivity index (χ1) is 12.9. The highest BCUT2D eigenvalue weighted by Gasteiger charge is 2.22. The molecule has 27 heavy (non-hydrogen) atoms. The van der Waals surface area contributed by atoms with E-state index in [1.54, 1.807) is 6.07 Å². The Balaban J connectivity index is 1.72. The van der Waals surface area contributed by atoms with Gasteiger partial charge < -0.3 is 9.84 Å². The van der Waals surface area contributed by atoms with E-state index in [4.69, 9.17) is 16.1 Å². The highest BCUT2D eigenvalue weighted by molar-refractivity contribution is 7.90. The van der Waals surface area contributed by atoms with E-state index in [2.05, 4.69) is 15.5 Å². The fourth-order valence-electron chi connectivity index (χ4n) is 2.35. The van der Waals surface area contributed by atoms with Gasteiger partial charge in [0, 0.05) is 10.7 Å². The maximum Gasteiger partial charge on any atom is 0.316 e. The van der Waals surface area contributed by atoms with E-state index in [0.717, 1.165) is 12.0 Å². The molecule has 0 fully saturated rings. The zero-order chi connectivity index (χ0) is 19.4. The van der Waals surface area contributed by atoms with Crippen molar-refractivity contribution in [3.05, 3.63) is 70.8 Å². The van der Waals surface area contributed by atoms with Crippen molar-refractivity contribution >= 4 is 33.0 Å². The maximum atomic E-state index is 12.4. The van der Waals surface area contributed by atoms with E-state index < -0.39 is 21.5 Å². The topological polar surface area (TPSA) is 102 Å². The van der Waals surface area contributed by atoms with E-state index in [9.17, 15) is 13.2 Å². The molecule has 140 valence electrons. The maximum absolute atomic E-state index is 12.4. The standard InChI is InChI=1S/C18H16ClN3O4S/c1-2-12-4-3-5-14(10-12)20-17(23)18-21-16(22-26-18)11-27(24,25)15-8-6-13(19)7-9-15/h3-10H,2,11H2,1H3,(H,20,23). The van der Waals surface area contributed by atoms with Gasteiger partial charge in [0.1, 0.15) is 5.75 Å². The number of carbonyl (C=O) groups excluding carboxylic acids is 1. The molecule has 1 N–H and O–H groups in total. The molecule has 0 unspecified atom stereocenters. The van der Waals surface area contributed by atoms with Crippen LogP contribution in [0.2, 0.25) is 5.02 Å². The minimum Gasteiger partial charge on any atom is -0.329 e. The summed E-state index contributed by atoms with van der Waals surface area (Å²) in [5, 5.41) is 6.67. The highest BCUT2D eigenvalue weighted by atomic mass is 35.5. The van der Waals surface area contributed by atoms with Gasteiger partial charge in [-0.15, -0.1) is 0 Å². The van der Waals surface area contributed by atoms with Gasteiger partial charge in [0.2, 0.25) is 0 Å². The second kappa shape index (κ2) is 7.89. The lowest BCUT2D eigenvalue weighted by Crippen LogP contribution is -2.13. The molecule has 0 aliphatic heterocycles. The molecular weight excluding hydrogens is 390 g/mol. The van der Waals surface area contributed by atoms with Gasteiger partial charge in [0.15, 0.2) is 15.7 Å². The quantitative estimate of drug-likeness (QED) is 0.673. The molecule has 2 aromatic carbocycles. The summed E-state index contributed by atoms with van der Waals surface area (Å²) in [4.78, 5) is 16.2. The summed E-state index contributed by atoms with van der Waals surface area (Å²) in [5.41, 5.74) is 1.65. The van der Waals surface area contributed by atoms with Gasteiger partial charge in [-0.05, 0) is 48.4 Å². The molecule has 0 radical (unpaired) electrons. The van der Waals surface area contributed by atoms with Crippen molar-refractivity contribution in [3.8, 4) is 0 Å². The van der Waals surface area contributed by atoms with Crippen molar-refractivity contribution in [2.45, 2.75) is 24.0 Å². The zero-order valence-corrected chi connectivity index (χ0v) is 15.9. The molecule has 0 bridgehead atoms. The number of benzene rings is 2. The molecule has 1 heterocycles. The third kappa shape index (κ3) is 4.72. The van der Waals surface area contributed by atoms with Crippen LogP contribution in [0.4, 0.5) is 5.69 Å². The predicted molar refractivity (Wildman–Crippen MR) is 100 cm³/mol. The predicted octanol–water partition coefficient (Wildman–Crippen LogP) is 3.51. The zero-order valence-electron chi connectivity index (χ0n) is 14.3. The molecule has 7 nitrogen and oxygen atoms in total. The summed E-state index contributed by atoms with van der Waals surface area (Å²) in [7, 11) is -3.69. The van der Waals surface area contributed by atoms with Gasteiger partial charge in [0.25, 0.3) is 0 Å². The van der Waals surface area contributed by atoms with E-state index >= 15 is 0 Å². The molecule has 9 heteroatoms. The lowest BCUT2D eigenvalue weighted by Gasteiger charge is -2.03. The number of carbonyl (C=O) groups is 1. The van der Waals surface area contributed by atoms with Gasteiger partial charge in [-0.2, -0.15) is 4.98 Å². The Morgan fingerprint density at radius 2 is 1.93 bits per heavy atom. The van der Waals surface area contributed by atoms with Crippen LogP contribution in [0, 0.1) is 0 Å². The molecule has 0 saturated heterocycles. The third-order valence-electron chi connectivity index (χ3n) is 3.75. The Morgan fingerprint density at radius 1 is 1.19 bits per heavy atom. The van der Waals surface area contributed by atoms with Crippen LogP contribution in [0.5, 0.6) is 0 Å². The third-order valence-corrected chi connectivity index (χ3v) is 5.63. The molecule has 0 atom stereocenters. The van der Waals surface area contributed by atoms with E-state index in [1.165, 1.54) is 24.3 Å². The Labute approximate surface area is 161 Å². The number of rotatable bonds is 6. The average molecular weight is 406 g/mol. The van der Waals surface area contributed by atoms with Crippen molar-refractivity contribution < 1.29 is 17.7 Å².